The van der Waals surface area contributed by atoms with E-state index in [9.17, 15) is 0 Å². The Morgan fingerprint density at radius 1 is 1.47 bits per heavy atom. The standard InChI is InChI=1S/C11H21N3S/c1-10-11(9-14(2)13-10)8-12-6-4-5-7-15-3/h9,12H,4-8H2,1-3H3. The maximum absolute atomic E-state index is 4.31. The largest absolute Gasteiger partial charge is 0.313 e. The van der Waals surface area contributed by atoms with Crippen LogP contribution in [0.5, 0.6) is 0 Å². The van der Waals surface area contributed by atoms with E-state index in [0.717, 1.165) is 18.8 Å². The molecular formula is C11H21N3S. The van der Waals surface area contributed by atoms with Gasteiger partial charge in [-0.05, 0) is 38.3 Å². The van der Waals surface area contributed by atoms with Crippen LogP contribution < -0.4 is 5.32 Å². The number of nitrogens with zero attached hydrogens (tertiary/aromatic N) is 2. The van der Waals surface area contributed by atoms with Crippen molar-refractivity contribution in [1.29, 1.82) is 0 Å². The second-order valence-electron chi connectivity index (χ2n) is 3.79. The summed E-state index contributed by atoms with van der Waals surface area (Å²) >= 11 is 1.92. The average Bonchev–Trinajstić information content (AvgIpc) is 2.51. The highest BCUT2D eigenvalue weighted by molar-refractivity contribution is 7.98. The number of thioether (sulfide) groups is 1. The molecule has 0 atom stereocenters. The van der Waals surface area contributed by atoms with Gasteiger partial charge in [-0.3, -0.25) is 4.68 Å². The first kappa shape index (κ1) is 12.6. The molecule has 0 spiro atoms. The number of hydrogen-bond donors (Lipinski definition) is 1. The number of hydrogen-bond acceptors (Lipinski definition) is 3. The van der Waals surface area contributed by atoms with Gasteiger partial charge in [0, 0.05) is 25.4 Å². The Morgan fingerprint density at radius 3 is 2.87 bits per heavy atom. The van der Waals surface area contributed by atoms with Gasteiger partial charge in [0.15, 0.2) is 0 Å². The van der Waals surface area contributed by atoms with Crippen molar-refractivity contribution in [3.8, 4) is 0 Å². The molecule has 3 nitrogen and oxygen atoms in total. The van der Waals surface area contributed by atoms with Crippen LogP contribution in [0.1, 0.15) is 24.1 Å². The van der Waals surface area contributed by atoms with Gasteiger partial charge >= 0.3 is 0 Å². The van der Waals surface area contributed by atoms with Crippen molar-refractivity contribution < 1.29 is 0 Å². The van der Waals surface area contributed by atoms with Crippen LogP contribution in [0.2, 0.25) is 0 Å². The summed E-state index contributed by atoms with van der Waals surface area (Å²) < 4.78 is 1.88. The van der Waals surface area contributed by atoms with Crippen LogP contribution in [-0.2, 0) is 13.6 Å². The fourth-order valence-electron chi connectivity index (χ4n) is 1.54. The van der Waals surface area contributed by atoms with Crippen molar-refractivity contribution in [3.63, 3.8) is 0 Å². The van der Waals surface area contributed by atoms with E-state index in [4.69, 9.17) is 0 Å². The maximum atomic E-state index is 4.31. The summed E-state index contributed by atoms with van der Waals surface area (Å²) in [6, 6.07) is 0. The lowest BCUT2D eigenvalue weighted by molar-refractivity contribution is 0.642. The van der Waals surface area contributed by atoms with Crippen molar-refractivity contribution in [3.05, 3.63) is 17.5 Å². The van der Waals surface area contributed by atoms with E-state index in [1.54, 1.807) is 0 Å². The van der Waals surface area contributed by atoms with E-state index >= 15 is 0 Å². The number of aryl methyl sites for hydroxylation is 2. The number of unbranched alkanes of at least 4 members (excludes halogenated alkanes) is 1. The zero-order valence-corrected chi connectivity index (χ0v) is 10.7. The third kappa shape index (κ3) is 4.71. The van der Waals surface area contributed by atoms with Gasteiger partial charge in [-0.25, -0.2) is 0 Å². The maximum Gasteiger partial charge on any atom is 0.0638 e. The molecule has 0 saturated heterocycles. The molecule has 0 unspecified atom stereocenters. The van der Waals surface area contributed by atoms with Crippen LogP contribution >= 0.6 is 11.8 Å². The number of rotatable bonds is 7. The zero-order valence-electron chi connectivity index (χ0n) is 9.92. The Morgan fingerprint density at radius 2 is 2.27 bits per heavy atom. The average molecular weight is 227 g/mol. The molecule has 0 aromatic carbocycles. The van der Waals surface area contributed by atoms with Crippen LogP contribution in [0.25, 0.3) is 0 Å². The van der Waals surface area contributed by atoms with Crippen molar-refractivity contribution in [2.45, 2.75) is 26.3 Å². The molecule has 0 amide bonds. The van der Waals surface area contributed by atoms with E-state index in [1.807, 2.05) is 23.5 Å². The van der Waals surface area contributed by atoms with Crippen LogP contribution in [0.15, 0.2) is 6.20 Å². The summed E-state index contributed by atoms with van der Waals surface area (Å²) in [5.41, 5.74) is 2.44. The third-order valence-corrected chi connectivity index (χ3v) is 3.08. The van der Waals surface area contributed by atoms with Crippen molar-refractivity contribution in [2.24, 2.45) is 7.05 Å². The van der Waals surface area contributed by atoms with E-state index in [-0.39, 0.29) is 0 Å². The van der Waals surface area contributed by atoms with E-state index in [2.05, 4.69) is 29.8 Å². The fraction of sp³-hybridized carbons (Fsp3) is 0.727. The molecule has 4 heteroatoms. The Kier molecular flexibility index (Phi) is 5.79. The van der Waals surface area contributed by atoms with Crippen molar-refractivity contribution in [1.82, 2.24) is 15.1 Å². The number of nitrogens with one attached hydrogen (secondary N) is 1. The number of aromatic nitrogens is 2. The molecular weight excluding hydrogens is 206 g/mol. The molecule has 1 rings (SSSR count). The summed E-state index contributed by atoms with van der Waals surface area (Å²) in [7, 11) is 1.97. The van der Waals surface area contributed by atoms with Crippen molar-refractivity contribution in [2.75, 3.05) is 18.6 Å². The Labute approximate surface area is 96.6 Å². The Hall–Kier alpha value is -0.480. The molecule has 0 aliphatic heterocycles. The van der Waals surface area contributed by atoms with E-state index in [0.29, 0.717) is 0 Å². The lowest BCUT2D eigenvalue weighted by Gasteiger charge is -2.02. The van der Waals surface area contributed by atoms with Crippen molar-refractivity contribution >= 4 is 11.8 Å². The predicted molar refractivity (Wildman–Crippen MR) is 67.3 cm³/mol. The molecule has 0 aliphatic rings. The van der Waals surface area contributed by atoms with Gasteiger partial charge in [0.1, 0.15) is 0 Å². The zero-order chi connectivity index (χ0) is 11.1. The highest BCUT2D eigenvalue weighted by atomic mass is 32.2. The fourth-order valence-corrected chi connectivity index (χ4v) is 2.03. The lowest BCUT2D eigenvalue weighted by Crippen LogP contribution is -2.15. The van der Waals surface area contributed by atoms with Crippen LogP contribution in [0, 0.1) is 6.92 Å². The molecule has 0 fully saturated rings. The summed E-state index contributed by atoms with van der Waals surface area (Å²) in [6.07, 6.45) is 6.82. The SMILES string of the molecule is CSCCCCNCc1cn(C)nc1C. The molecule has 86 valence electrons. The monoisotopic (exact) mass is 227 g/mol. The van der Waals surface area contributed by atoms with Gasteiger partial charge in [0.25, 0.3) is 0 Å². The minimum absolute atomic E-state index is 0.943. The Balaban J connectivity index is 2.12. The minimum Gasteiger partial charge on any atom is -0.313 e. The first-order valence-electron chi connectivity index (χ1n) is 5.43. The van der Waals surface area contributed by atoms with E-state index in [1.165, 1.54) is 24.2 Å². The second-order valence-corrected chi connectivity index (χ2v) is 4.78. The molecule has 0 saturated carbocycles. The quantitative estimate of drug-likeness (QED) is 0.722. The first-order chi connectivity index (χ1) is 7.24. The molecule has 1 aromatic heterocycles. The molecule has 1 aromatic rings. The highest BCUT2D eigenvalue weighted by Crippen LogP contribution is 2.04. The van der Waals surface area contributed by atoms with Crippen LogP contribution in [-0.4, -0.2) is 28.3 Å². The summed E-state index contributed by atoms with van der Waals surface area (Å²) in [6.45, 7) is 4.11. The van der Waals surface area contributed by atoms with E-state index < -0.39 is 0 Å². The predicted octanol–water partition coefficient (Wildman–Crippen LogP) is 1.96. The molecule has 15 heavy (non-hydrogen) atoms. The molecule has 0 aliphatic carbocycles. The van der Waals surface area contributed by atoms with Gasteiger partial charge in [-0.1, -0.05) is 0 Å². The van der Waals surface area contributed by atoms with Crippen LogP contribution in [0.4, 0.5) is 0 Å². The van der Waals surface area contributed by atoms with Gasteiger partial charge in [0.2, 0.25) is 0 Å². The molecule has 1 N–H and O–H groups in total. The summed E-state index contributed by atoms with van der Waals surface area (Å²) in [4.78, 5) is 0. The summed E-state index contributed by atoms with van der Waals surface area (Å²) in [5.74, 6) is 1.27. The molecule has 0 bridgehead atoms. The third-order valence-electron chi connectivity index (χ3n) is 2.38. The topological polar surface area (TPSA) is 29.9 Å². The molecule has 1 heterocycles. The minimum atomic E-state index is 0.943. The van der Waals surface area contributed by atoms with Gasteiger partial charge in [0.05, 0.1) is 5.69 Å². The van der Waals surface area contributed by atoms with Gasteiger partial charge in [-0.2, -0.15) is 16.9 Å². The molecule has 0 radical (unpaired) electrons. The smallest absolute Gasteiger partial charge is 0.0638 e. The second kappa shape index (κ2) is 6.90. The normalized spacial score (nSPS) is 10.9. The van der Waals surface area contributed by atoms with Gasteiger partial charge in [-0.15, -0.1) is 0 Å². The summed E-state index contributed by atoms with van der Waals surface area (Å²) in [5, 5.41) is 7.76. The van der Waals surface area contributed by atoms with Gasteiger partial charge < -0.3 is 5.32 Å². The first-order valence-corrected chi connectivity index (χ1v) is 6.82. The highest BCUT2D eigenvalue weighted by Gasteiger charge is 2.01. The lowest BCUT2D eigenvalue weighted by atomic mass is 10.2. The Bertz CT molecular complexity index is 283. The van der Waals surface area contributed by atoms with Crippen LogP contribution in [0.3, 0.4) is 0 Å².